The van der Waals surface area contributed by atoms with Crippen molar-refractivity contribution in [2.75, 3.05) is 0 Å². The average Bonchev–Trinajstić information content (AvgIpc) is 3.60. The zero-order valence-corrected chi connectivity index (χ0v) is 22.4. The highest BCUT2D eigenvalue weighted by atomic mass is 32.1. The molecule has 0 spiro atoms. The third kappa shape index (κ3) is 4.01. The van der Waals surface area contributed by atoms with E-state index in [1.165, 1.54) is 37.0 Å². The summed E-state index contributed by atoms with van der Waals surface area (Å²) >= 11 is 3.38. The molecule has 2 amide bonds. The van der Waals surface area contributed by atoms with Gasteiger partial charge in [0, 0.05) is 27.3 Å². The van der Waals surface area contributed by atoms with Crippen molar-refractivity contribution in [3.8, 4) is 0 Å². The molecule has 186 valence electrons. The van der Waals surface area contributed by atoms with Crippen LogP contribution in [0.25, 0.3) is 0 Å². The van der Waals surface area contributed by atoms with Crippen molar-refractivity contribution in [3.05, 3.63) is 56.6 Å². The summed E-state index contributed by atoms with van der Waals surface area (Å²) < 4.78 is 0. The molecular formula is C29H36N2O2S2. The highest BCUT2D eigenvalue weighted by molar-refractivity contribution is 7.10. The number of amides is 2. The number of allylic oxidation sites excluding steroid dienone is 2. The first-order chi connectivity index (χ1) is 16.9. The second-order valence-corrected chi connectivity index (χ2v) is 13.9. The highest BCUT2D eigenvalue weighted by Crippen LogP contribution is 2.64. The van der Waals surface area contributed by atoms with E-state index in [0.29, 0.717) is 23.7 Å². The topological polar surface area (TPSA) is 58.2 Å². The molecule has 3 heterocycles. The molecular weight excluding hydrogens is 472 g/mol. The molecule has 35 heavy (non-hydrogen) atoms. The summed E-state index contributed by atoms with van der Waals surface area (Å²) in [4.78, 5) is 29.3. The SMILES string of the molecule is C[C@@]12CCC[C@H]1[C@@H]1CC=C3NC(=O)C(C(=O)NC(Cc4cccs4)c4cccs4)C[C@]3(C)[C@@H]1CC2. The quantitative estimate of drug-likeness (QED) is 0.455. The van der Waals surface area contributed by atoms with Gasteiger partial charge in [-0.2, -0.15) is 0 Å². The fourth-order valence-electron chi connectivity index (χ4n) is 8.11. The smallest absolute Gasteiger partial charge is 0.236 e. The molecule has 1 aliphatic heterocycles. The van der Waals surface area contributed by atoms with E-state index in [1.54, 1.807) is 22.7 Å². The van der Waals surface area contributed by atoms with Crippen LogP contribution in [-0.4, -0.2) is 11.8 Å². The van der Waals surface area contributed by atoms with Crippen LogP contribution < -0.4 is 10.6 Å². The van der Waals surface area contributed by atoms with Crippen molar-refractivity contribution in [2.45, 2.75) is 71.3 Å². The van der Waals surface area contributed by atoms with Gasteiger partial charge >= 0.3 is 0 Å². The molecule has 0 radical (unpaired) electrons. The van der Waals surface area contributed by atoms with Crippen LogP contribution >= 0.6 is 22.7 Å². The lowest BCUT2D eigenvalue weighted by atomic mass is 9.49. The van der Waals surface area contributed by atoms with Crippen molar-refractivity contribution in [1.29, 1.82) is 0 Å². The predicted molar refractivity (Wildman–Crippen MR) is 142 cm³/mol. The lowest BCUT2D eigenvalue weighted by molar-refractivity contribution is -0.141. The van der Waals surface area contributed by atoms with Gasteiger partial charge < -0.3 is 10.6 Å². The zero-order chi connectivity index (χ0) is 24.2. The lowest BCUT2D eigenvalue weighted by Crippen LogP contribution is -2.57. The summed E-state index contributed by atoms with van der Waals surface area (Å²) in [7, 11) is 0. The van der Waals surface area contributed by atoms with Gasteiger partial charge in [-0.15, -0.1) is 22.7 Å². The lowest BCUT2D eigenvalue weighted by Gasteiger charge is -2.57. The Kier molecular flexibility index (Phi) is 5.96. The third-order valence-electron chi connectivity index (χ3n) is 9.95. The van der Waals surface area contributed by atoms with Gasteiger partial charge in [-0.1, -0.05) is 38.5 Å². The minimum absolute atomic E-state index is 0.105. The maximum absolute atomic E-state index is 13.7. The van der Waals surface area contributed by atoms with Crippen molar-refractivity contribution < 1.29 is 9.59 Å². The molecule has 2 saturated carbocycles. The van der Waals surface area contributed by atoms with E-state index in [4.69, 9.17) is 0 Å². The number of carbonyl (C=O) groups excluding carboxylic acids is 2. The van der Waals surface area contributed by atoms with Gasteiger partial charge in [-0.3, -0.25) is 9.59 Å². The van der Waals surface area contributed by atoms with Gasteiger partial charge in [0.05, 0.1) is 6.04 Å². The molecule has 0 aromatic carbocycles. The van der Waals surface area contributed by atoms with Crippen LogP contribution in [-0.2, 0) is 16.0 Å². The second-order valence-electron chi connectivity index (χ2n) is 11.8. The number of piperidine rings is 1. The maximum Gasteiger partial charge on any atom is 0.236 e. The minimum Gasteiger partial charge on any atom is -0.347 e. The fraction of sp³-hybridized carbons (Fsp3) is 0.586. The summed E-state index contributed by atoms with van der Waals surface area (Å²) in [5, 5.41) is 10.6. The molecule has 7 atom stereocenters. The van der Waals surface area contributed by atoms with Gasteiger partial charge in [0.25, 0.3) is 0 Å². The number of hydrogen-bond donors (Lipinski definition) is 2. The van der Waals surface area contributed by atoms with Crippen molar-refractivity contribution >= 4 is 34.5 Å². The largest absolute Gasteiger partial charge is 0.347 e. The van der Waals surface area contributed by atoms with E-state index in [9.17, 15) is 9.59 Å². The van der Waals surface area contributed by atoms with E-state index in [2.05, 4.69) is 59.5 Å². The van der Waals surface area contributed by atoms with Crippen molar-refractivity contribution in [3.63, 3.8) is 0 Å². The molecule has 0 bridgehead atoms. The Morgan fingerprint density at radius 1 is 1.14 bits per heavy atom. The first-order valence-corrected chi connectivity index (χ1v) is 15.0. The second kappa shape index (κ2) is 8.88. The molecule has 6 rings (SSSR count). The standard InChI is InChI=1S/C29H36N2O2S2/c1-28-12-3-7-21(28)19-9-10-25-29(2,22(19)11-13-28)17-20(27(33)31-25)26(32)30-23(24-8-5-15-35-24)16-18-6-4-14-34-18/h4-6,8,10,14-15,19-23H,3,7,9,11-13,16-17H2,1-2H3,(H,30,32)(H,31,33)/t19-,20?,21-,22+,23?,28-,29+/m0/s1. The highest BCUT2D eigenvalue weighted by Gasteiger charge is 2.58. The predicted octanol–water partition coefficient (Wildman–Crippen LogP) is 6.47. The first-order valence-electron chi connectivity index (χ1n) is 13.2. The number of thiophene rings is 2. The number of nitrogens with one attached hydrogen (secondary N) is 2. The molecule has 6 heteroatoms. The number of rotatable bonds is 5. The van der Waals surface area contributed by atoms with Gasteiger partial charge in [0.2, 0.25) is 11.8 Å². The summed E-state index contributed by atoms with van der Waals surface area (Å²) in [5.41, 5.74) is 1.45. The monoisotopic (exact) mass is 508 g/mol. The number of fused-ring (bicyclic) bond motifs is 5. The molecule has 4 aliphatic rings. The zero-order valence-electron chi connectivity index (χ0n) is 20.7. The first kappa shape index (κ1) is 23.5. The Bertz CT molecular complexity index is 1120. The number of carbonyl (C=O) groups is 2. The van der Waals surface area contributed by atoms with E-state index in [1.807, 2.05) is 6.07 Å². The molecule has 2 N–H and O–H groups in total. The minimum atomic E-state index is -0.640. The fourth-order valence-corrected chi connectivity index (χ4v) is 9.64. The van der Waals surface area contributed by atoms with Crippen LogP contribution in [0.1, 0.15) is 74.6 Å². The van der Waals surface area contributed by atoms with Crippen LogP contribution in [0.15, 0.2) is 46.8 Å². The number of hydrogen-bond acceptors (Lipinski definition) is 4. The Balaban J connectivity index is 1.23. The average molecular weight is 509 g/mol. The molecule has 3 aliphatic carbocycles. The van der Waals surface area contributed by atoms with Crippen molar-refractivity contribution in [1.82, 2.24) is 10.6 Å². The van der Waals surface area contributed by atoms with Crippen LogP contribution in [0.5, 0.6) is 0 Å². The maximum atomic E-state index is 13.7. The van der Waals surface area contributed by atoms with Crippen LogP contribution in [0.3, 0.4) is 0 Å². The van der Waals surface area contributed by atoms with Gasteiger partial charge in [-0.25, -0.2) is 0 Å². The van der Waals surface area contributed by atoms with E-state index in [-0.39, 0.29) is 23.3 Å². The van der Waals surface area contributed by atoms with Gasteiger partial charge in [0.1, 0.15) is 5.92 Å². The molecule has 1 saturated heterocycles. The summed E-state index contributed by atoms with van der Waals surface area (Å²) in [6.07, 6.45) is 11.3. The molecule has 2 unspecified atom stereocenters. The van der Waals surface area contributed by atoms with Gasteiger partial charge in [-0.05, 0) is 84.6 Å². The van der Waals surface area contributed by atoms with E-state index < -0.39 is 5.92 Å². The van der Waals surface area contributed by atoms with Crippen LogP contribution in [0.4, 0.5) is 0 Å². The van der Waals surface area contributed by atoms with Gasteiger partial charge in [0.15, 0.2) is 0 Å². The summed E-state index contributed by atoms with van der Waals surface area (Å²) in [5.74, 6) is 1.12. The molecule has 4 nitrogen and oxygen atoms in total. The Hall–Kier alpha value is -1.92. The normalized spacial score (nSPS) is 36.9. The van der Waals surface area contributed by atoms with E-state index >= 15 is 0 Å². The van der Waals surface area contributed by atoms with Crippen LogP contribution in [0, 0.1) is 34.5 Å². The summed E-state index contributed by atoms with van der Waals surface area (Å²) in [6, 6.07) is 8.17. The van der Waals surface area contributed by atoms with Crippen molar-refractivity contribution in [2.24, 2.45) is 34.5 Å². The molecule has 2 aromatic heterocycles. The molecule has 2 aromatic rings. The Morgan fingerprint density at radius 3 is 2.74 bits per heavy atom. The molecule has 3 fully saturated rings. The third-order valence-corrected chi connectivity index (χ3v) is 11.8. The summed E-state index contributed by atoms with van der Waals surface area (Å²) in [6.45, 7) is 4.84. The Labute approximate surface area is 216 Å². The van der Waals surface area contributed by atoms with Crippen LogP contribution in [0.2, 0.25) is 0 Å². The Morgan fingerprint density at radius 2 is 1.97 bits per heavy atom. The van der Waals surface area contributed by atoms with E-state index in [0.717, 1.165) is 29.3 Å².